The van der Waals surface area contributed by atoms with Crippen LogP contribution < -0.4 is 4.90 Å². The highest BCUT2D eigenvalue weighted by molar-refractivity contribution is 5.78. The zero-order valence-electron chi connectivity index (χ0n) is 18.7. The van der Waals surface area contributed by atoms with E-state index in [0.29, 0.717) is 17.0 Å². The number of hydrogen-bond donors (Lipinski definition) is 1. The molecule has 9 nitrogen and oxygen atoms in total. The number of carboxylic acids is 1. The van der Waals surface area contributed by atoms with E-state index < -0.39 is 17.8 Å². The average Bonchev–Trinajstić information content (AvgIpc) is 3.45. The van der Waals surface area contributed by atoms with Gasteiger partial charge in [-0.2, -0.15) is 5.10 Å². The fourth-order valence-corrected chi connectivity index (χ4v) is 3.74. The zero-order valence-corrected chi connectivity index (χ0v) is 18.7. The fraction of sp³-hybridized carbons (Fsp3) is 0.261. The molecule has 0 saturated heterocycles. The molecule has 3 heterocycles. The van der Waals surface area contributed by atoms with Gasteiger partial charge in [0.15, 0.2) is 17.5 Å². The van der Waals surface area contributed by atoms with Gasteiger partial charge in [0.05, 0.1) is 18.4 Å². The maximum atomic E-state index is 14.6. The van der Waals surface area contributed by atoms with Crippen LogP contribution >= 0.6 is 0 Å². The zero-order chi connectivity index (χ0) is 24.4. The second kappa shape index (κ2) is 9.38. The quantitative estimate of drug-likeness (QED) is 0.415. The number of likely N-dealkylation sites (N-methyl/N-ethyl adjacent to an activating group) is 1. The Hall–Kier alpha value is -4.15. The van der Waals surface area contributed by atoms with Crippen LogP contribution in [-0.4, -0.2) is 49.1 Å². The van der Waals surface area contributed by atoms with Crippen LogP contribution in [0.2, 0.25) is 0 Å². The molecule has 0 aliphatic heterocycles. The maximum Gasteiger partial charge on any atom is 0.326 e. The van der Waals surface area contributed by atoms with Crippen molar-refractivity contribution < 1.29 is 23.2 Å². The summed E-state index contributed by atoms with van der Waals surface area (Å²) in [5.41, 5.74) is 1.66. The third kappa shape index (κ3) is 4.49. The summed E-state index contributed by atoms with van der Waals surface area (Å²) in [5.74, 6) is -2.65. The van der Waals surface area contributed by atoms with Crippen molar-refractivity contribution >= 4 is 11.8 Å². The van der Waals surface area contributed by atoms with Crippen LogP contribution in [0.25, 0.3) is 22.9 Å². The molecule has 0 saturated carbocycles. The molecule has 0 aliphatic carbocycles. The lowest BCUT2D eigenvalue weighted by atomic mass is 10.0. The largest absolute Gasteiger partial charge is 0.480 e. The molecule has 1 N–H and O–H groups in total. The van der Waals surface area contributed by atoms with Crippen molar-refractivity contribution in [1.29, 1.82) is 0 Å². The number of benzene rings is 1. The summed E-state index contributed by atoms with van der Waals surface area (Å²) >= 11 is 0. The molecule has 0 unspecified atom stereocenters. The van der Waals surface area contributed by atoms with E-state index in [9.17, 15) is 18.7 Å². The van der Waals surface area contributed by atoms with Crippen molar-refractivity contribution in [3.8, 4) is 22.9 Å². The molecule has 0 bridgehead atoms. The molecule has 0 radical (unpaired) electrons. The molecule has 34 heavy (non-hydrogen) atoms. The summed E-state index contributed by atoms with van der Waals surface area (Å²) in [6.07, 6.45) is 2.37. The maximum absolute atomic E-state index is 14.6. The first-order valence-electron chi connectivity index (χ1n) is 10.5. The highest BCUT2D eigenvalue weighted by Gasteiger charge is 2.29. The second-order valence-electron chi connectivity index (χ2n) is 8.05. The first kappa shape index (κ1) is 23.0. The standard InChI is InChI=1S/C23H22F2N6O3/c1-13(2)20(23(32)33)30(3)22-16(25)11-26-21(27-22)18-10-19(17-8-9-34-29-17)31(28-18)12-14-6-4-5-7-15(14)24/h4-11,13,20H,12H2,1-3H3,(H,32,33)/t20-/m1/s1. The normalized spacial score (nSPS) is 12.2. The van der Waals surface area contributed by atoms with Gasteiger partial charge >= 0.3 is 5.97 Å². The van der Waals surface area contributed by atoms with E-state index in [4.69, 9.17) is 4.52 Å². The van der Waals surface area contributed by atoms with Crippen LogP contribution in [0, 0.1) is 17.6 Å². The van der Waals surface area contributed by atoms with Gasteiger partial charge in [0.25, 0.3) is 0 Å². The predicted molar refractivity (Wildman–Crippen MR) is 119 cm³/mol. The number of rotatable bonds is 8. The van der Waals surface area contributed by atoms with E-state index in [-0.39, 0.29) is 35.6 Å². The summed E-state index contributed by atoms with van der Waals surface area (Å²) in [7, 11) is 1.46. The van der Waals surface area contributed by atoms with Gasteiger partial charge in [0, 0.05) is 18.7 Å². The van der Waals surface area contributed by atoms with Gasteiger partial charge in [-0.15, -0.1) is 0 Å². The Balaban J connectivity index is 1.77. The fourth-order valence-electron chi connectivity index (χ4n) is 3.74. The lowest BCUT2D eigenvalue weighted by molar-refractivity contribution is -0.139. The molecule has 1 aromatic carbocycles. The average molecular weight is 468 g/mol. The van der Waals surface area contributed by atoms with E-state index in [0.717, 1.165) is 6.20 Å². The number of aliphatic carboxylic acids is 1. The summed E-state index contributed by atoms with van der Waals surface area (Å²) in [6.45, 7) is 3.55. The van der Waals surface area contributed by atoms with Crippen LogP contribution in [0.15, 0.2) is 53.4 Å². The van der Waals surface area contributed by atoms with Crippen LogP contribution in [0.5, 0.6) is 0 Å². The first-order valence-corrected chi connectivity index (χ1v) is 10.5. The van der Waals surface area contributed by atoms with Crippen molar-refractivity contribution in [3.63, 3.8) is 0 Å². The van der Waals surface area contributed by atoms with Crippen molar-refractivity contribution in [2.45, 2.75) is 26.4 Å². The monoisotopic (exact) mass is 468 g/mol. The molecule has 1 atom stereocenters. The Morgan fingerprint density at radius 2 is 1.94 bits per heavy atom. The predicted octanol–water partition coefficient (Wildman–Crippen LogP) is 3.87. The van der Waals surface area contributed by atoms with Gasteiger partial charge < -0.3 is 14.5 Å². The van der Waals surface area contributed by atoms with Crippen molar-refractivity contribution in [2.24, 2.45) is 5.92 Å². The molecule has 0 spiro atoms. The molecule has 0 fully saturated rings. The summed E-state index contributed by atoms with van der Waals surface area (Å²) in [4.78, 5) is 21.3. The van der Waals surface area contributed by atoms with Crippen LogP contribution in [0.1, 0.15) is 19.4 Å². The Labute approximate surface area is 193 Å². The minimum absolute atomic E-state index is 0.0770. The lowest BCUT2D eigenvalue weighted by Gasteiger charge is -2.28. The van der Waals surface area contributed by atoms with Crippen LogP contribution in [0.3, 0.4) is 0 Å². The molecule has 4 aromatic rings. The Morgan fingerprint density at radius 3 is 2.59 bits per heavy atom. The highest BCUT2D eigenvalue weighted by Crippen LogP contribution is 2.27. The van der Waals surface area contributed by atoms with Crippen LogP contribution in [-0.2, 0) is 11.3 Å². The Kier molecular flexibility index (Phi) is 6.35. The number of halogens is 2. The molecule has 4 rings (SSSR count). The number of carbonyl (C=O) groups is 1. The van der Waals surface area contributed by atoms with Crippen molar-refractivity contribution in [3.05, 3.63) is 66.1 Å². The van der Waals surface area contributed by atoms with Gasteiger partial charge in [-0.3, -0.25) is 4.68 Å². The van der Waals surface area contributed by atoms with Gasteiger partial charge in [-0.05, 0) is 18.1 Å². The molecule has 0 amide bonds. The van der Waals surface area contributed by atoms with Gasteiger partial charge in [0.1, 0.15) is 29.5 Å². The molecule has 0 aliphatic rings. The first-order chi connectivity index (χ1) is 16.3. The summed E-state index contributed by atoms with van der Waals surface area (Å²) in [6, 6.07) is 8.57. The minimum atomic E-state index is -1.10. The van der Waals surface area contributed by atoms with E-state index in [1.54, 1.807) is 44.2 Å². The number of anilines is 1. The molecule has 3 aromatic heterocycles. The van der Waals surface area contributed by atoms with E-state index >= 15 is 0 Å². The third-order valence-corrected chi connectivity index (χ3v) is 5.35. The van der Waals surface area contributed by atoms with E-state index in [1.165, 1.54) is 29.0 Å². The smallest absolute Gasteiger partial charge is 0.326 e. The van der Waals surface area contributed by atoms with Gasteiger partial charge in [0.2, 0.25) is 0 Å². The summed E-state index contributed by atoms with van der Waals surface area (Å²) < 4.78 is 35.4. The Morgan fingerprint density at radius 1 is 1.18 bits per heavy atom. The number of hydrogen-bond acceptors (Lipinski definition) is 7. The van der Waals surface area contributed by atoms with E-state index in [1.807, 2.05) is 0 Å². The second-order valence-corrected chi connectivity index (χ2v) is 8.05. The summed E-state index contributed by atoms with van der Waals surface area (Å²) in [5, 5.41) is 18.0. The lowest BCUT2D eigenvalue weighted by Crippen LogP contribution is -2.43. The van der Waals surface area contributed by atoms with Crippen molar-refractivity contribution in [1.82, 2.24) is 24.9 Å². The third-order valence-electron chi connectivity index (χ3n) is 5.35. The topological polar surface area (TPSA) is 110 Å². The molecule has 11 heteroatoms. The number of nitrogens with zero attached hydrogens (tertiary/aromatic N) is 6. The molecule has 176 valence electrons. The van der Waals surface area contributed by atoms with E-state index in [2.05, 4.69) is 20.2 Å². The minimum Gasteiger partial charge on any atom is -0.480 e. The molecular weight excluding hydrogens is 446 g/mol. The molecular formula is C23H22F2N6O3. The van der Waals surface area contributed by atoms with Gasteiger partial charge in [-0.1, -0.05) is 37.2 Å². The Bertz CT molecular complexity index is 1310. The number of aromatic nitrogens is 5. The van der Waals surface area contributed by atoms with Crippen LogP contribution in [0.4, 0.5) is 14.6 Å². The van der Waals surface area contributed by atoms with Gasteiger partial charge in [-0.25, -0.2) is 23.5 Å². The van der Waals surface area contributed by atoms with Crippen molar-refractivity contribution in [2.75, 3.05) is 11.9 Å². The number of carboxylic acid groups (broad SMARTS) is 1. The SMILES string of the molecule is CC(C)[C@H](C(=O)O)N(C)c1nc(-c2cc(-c3ccon3)n(Cc3ccccc3F)n2)ncc1F. The highest BCUT2D eigenvalue weighted by atomic mass is 19.1.